The molecule has 0 amide bonds. The van der Waals surface area contributed by atoms with Crippen LogP contribution in [0.2, 0.25) is 0 Å². The van der Waals surface area contributed by atoms with Crippen molar-refractivity contribution < 1.29 is 14.7 Å². The Morgan fingerprint density at radius 2 is 2.62 bits per heavy atom. The van der Waals surface area contributed by atoms with Crippen LogP contribution in [0.25, 0.3) is 0 Å². The third-order valence-electron chi connectivity index (χ3n) is 1.23. The monoisotopic (exact) mass is 205 g/mol. The summed E-state index contributed by atoms with van der Waals surface area (Å²) in [7, 11) is 1.48. The number of hydroxylamine groups is 1. The van der Waals surface area contributed by atoms with Gasteiger partial charge >= 0.3 is 0 Å². The van der Waals surface area contributed by atoms with Gasteiger partial charge in [-0.2, -0.15) is 4.37 Å². The molecule has 1 rings (SSSR count). The van der Waals surface area contributed by atoms with E-state index < -0.39 is 6.10 Å². The van der Waals surface area contributed by atoms with Crippen molar-refractivity contribution >= 4 is 11.7 Å². The molecule has 0 fully saturated rings. The SMILES string of the molecule is CONCC(O)COc1cnsn1. The van der Waals surface area contributed by atoms with Crippen LogP contribution in [0.5, 0.6) is 5.88 Å². The summed E-state index contributed by atoms with van der Waals surface area (Å²) in [5, 5.41) is 9.27. The van der Waals surface area contributed by atoms with Crippen LogP contribution in [0.4, 0.5) is 0 Å². The van der Waals surface area contributed by atoms with Gasteiger partial charge in [0.15, 0.2) is 0 Å². The van der Waals surface area contributed by atoms with Gasteiger partial charge in [-0.15, -0.1) is 4.37 Å². The van der Waals surface area contributed by atoms with Crippen molar-refractivity contribution in [3.8, 4) is 5.88 Å². The molecule has 0 aliphatic heterocycles. The molecule has 0 radical (unpaired) electrons. The number of aromatic nitrogens is 2. The average molecular weight is 205 g/mol. The standard InChI is InChI=1S/C6H11N3O3S/c1-11-7-2-5(10)4-12-6-3-8-13-9-6/h3,5,7,10H,2,4H2,1H3. The van der Waals surface area contributed by atoms with Gasteiger partial charge < -0.3 is 14.7 Å². The summed E-state index contributed by atoms with van der Waals surface area (Å²) >= 11 is 1.06. The molecule has 7 heteroatoms. The van der Waals surface area contributed by atoms with Gasteiger partial charge in [-0.25, -0.2) is 5.48 Å². The van der Waals surface area contributed by atoms with Crippen LogP contribution in [0.3, 0.4) is 0 Å². The van der Waals surface area contributed by atoms with Crippen molar-refractivity contribution in [3.05, 3.63) is 6.20 Å². The third kappa shape index (κ3) is 4.13. The number of aliphatic hydroxyl groups excluding tert-OH is 1. The maximum absolute atomic E-state index is 9.27. The summed E-state index contributed by atoms with van der Waals surface area (Å²) in [5.41, 5.74) is 2.51. The minimum Gasteiger partial charge on any atom is -0.473 e. The predicted molar refractivity (Wildman–Crippen MR) is 46.4 cm³/mol. The summed E-state index contributed by atoms with van der Waals surface area (Å²) in [6.45, 7) is 0.482. The highest BCUT2D eigenvalue weighted by Crippen LogP contribution is 2.04. The molecule has 1 aromatic rings. The Bertz CT molecular complexity index is 219. The highest BCUT2D eigenvalue weighted by Gasteiger charge is 2.05. The van der Waals surface area contributed by atoms with Gasteiger partial charge in [-0.1, -0.05) is 0 Å². The Morgan fingerprint density at radius 1 is 1.77 bits per heavy atom. The van der Waals surface area contributed by atoms with Crippen LogP contribution in [0.15, 0.2) is 6.20 Å². The first-order chi connectivity index (χ1) is 6.33. The molecule has 0 saturated heterocycles. The number of rotatable bonds is 6. The number of hydrogen-bond acceptors (Lipinski definition) is 7. The fraction of sp³-hybridized carbons (Fsp3) is 0.667. The highest BCUT2D eigenvalue weighted by atomic mass is 32.1. The second-order valence-corrected chi connectivity index (χ2v) is 2.82. The van der Waals surface area contributed by atoms with Gasteiger partial charge in [0.05, 0.1) is 25.4 Å². The van der Waals surface area contributed by atoms with E-state index in [4.69, 9.17) is 4.74 Å². The molecule has 0 spiro atoms. The maximum Gasteiger partial charge on any atom is 0.245 e. The lowest BCUT2D eigenvalue weighted by Crippen LogP contribution is -2.30. The molecule has 0 aliphatic rings. The normalized spacial score (nSPS) is 12.8. The van der Waals surface area contributed by atoms with Crippen molar-refractivity contribution in [2.24, 2.45) is 0 Å². The van der Waals surface area contributed by atoms with E-state index in [1.165, 1.54) is 13.3 Å². The highest BCUT2D eigenvalue weighted by molar-refractivity contribution is 6.99. The van der Waals surface area contributed by atoms with E-state index in [1.54, 1.807) is 0 Å². The Labute approximate surface area is 79.8 Å². The number of aliphatic hydroxyl groups is 1. The second kappa shape index (κ2) is 5.81. The van der Waals surface area contributed by atoms with E-state index in [1.807, 2.05) is 0 Å². The Hall–Kier alpha value is -0.760. The second-order valence-electron chi connectivity index (χ2n) is 2.26. The Kier molecular flexibility index (Phi) is 4.61. The molecule has 13 heavy (non-hydrogen) atoms. The predicted octanol–water partition coefficient (Wildman–Crippen LogP) is -0.571. The Morgan fingerprint density at radius 3 is 3.23 bits per heavy atom. The molecule has 1 atom stereocenters. The largest absolute Gasteiger partial charge is 0.473 e. The number of ether oxygens (including phenoxy) is 1. The molecule has 0 aromatic carbocycles. The van der Waals surface area contributed by atoms with E-state index in [-0.39, 0.29) is 6.61 Å². The molecule has 0 saturated carbocycles. The van der Waals surface area contributed by atoms with Crippen LogP contribution < -0.4 is 10.2 Å². The first-order valence-electron chi connectivity index (χ1n) is 3.67. The minimum absolute atomic E-state index is 0.168. The average Bonchev–Trinajstić information content (AvgIpc) is 2.64. The van der Waals surface area contributed by atoms with Crippen molar-refractivity contribution in [1.29, 1.82) is 0 Å². The van der Waals surface area contributed by atoms with E-state index in [0.717, 1.165) is 11.7 Å². The quantitative estimate of drug-likeness (QED) is 0.606. The summed E-state index contributed by atoms with van der Waals surface area (Å²) in [6, 6.07) is 0. The van der Waals surface area contributed by atoms with Crippen molar-refractivity contribution in [1.82, 2.24) is 14.2 Å². The Balaban J connectivity index is 2.11. The van der Waals surface area contributed by atoms with Crippen LogP contribution in [-0.4, -0.2) is 40.2 Å². The molecule has 74 valence electrons. The minimum atomic E-state index is -0.623. The van der Waals surface area contributed by atoms with E-state index in [2.05, 4.69) is 19.1 Å². The van der Waals surface area contributed by atoms with Gasteiger partial charge in [-0.05, 0) is 0 Å². The molecule has 1 unspecified atom stereocenters. The lowest BCUT2D eigenvalue weighted by atomic mass is 10.4. The maximum atomic E-state index is 9.27. The van der Waals surface area contributed by atoms with Crippen LogP contribution in [0, 0.1) is 0 Å². The van der Waals surface area contributed by atoms with Crippen LogP contribution in [-0.2, 0) is 4.84 Å². The van der Waals surface area contributed by atoms with Gasteiger partial charge in [-0.3, -0.25) is 0 Å². The number of hydrogen-bond donors (Lipinski definition) is 2. The lowest BCUT2D eigenvalue weighted by Gasteiger charge is -2.09. The number of nitrogens with one attached hydrogen (secondary N) is 1. The van der Waals surface area contributed by atoms with Crippen molar-refractivity contribution in [3.63, 3.8) is 0 Å². The zero-order valence-corrected chi connectivity index (χ0v) is 7.95. The summed E-state index contributed by atoms with van der Waals surface area (Å²) in [5.74, 6) is 0.432. The van der Waals surface area contributed by atoms with Crippen molar-refractivity contribution in [2.75, 3.05) is 20.3 Å². The van der Waals surface area contributed by atoms with E-state index >= 15 is 0 Å². The smallest absolute Gasteiger partial charge is 0.245 e. The fourth-order valence-corrected chi connectivity index (χ4v) is 1.00. The lowest BCUT2D eigenvalue weighted by molar-refractivity contribution is 0.0315. The van der Waals surface area contributed by atoms with Crippen molar-refractivity contribution in [2.45, 2.75) is 6.10 Å². The van der Waals surface area contributed by atoms with Crippen LogP contribution in [0.1, 0.15) is 0 Å². The first-order valence-corrected chi connectivity index (χ1v) is 4.40. The summed E-state index contributed by atoms with van der Waals surface area (Å²) in [6.07, 6.45) is 0.878. The van der Waals surface area contributed by atoms with Crippen LogP contribution >= 0.6 is 11.7 Å². The van der Waals surface area contributed by atoms with Gasteiger partial charge in [0.2, 0.25) is 5.88 Å². The van der Waals surface area contributed by atoms with Gasteiger partial charge in [0.1, 0.15) is 18.9 Å². The molecule has 0 bridgehead atoms. The first kappa shape index (κ1) is 10.3. The molecule has 2 N–H and O–H groups in total. The zero-order chi connectivity index (χ0) is 9.52. The number of nitrogens with zero attached hydrogens (tertiary/aromatic N) is 2. The summed E-state index contributed by atoms with van der Waals surface area (Å²) < 4.78 is 12.7. The topological polar surface area (TPSA) is 76.5 Å². The van der Waals surface area contributed by atoms with Gasteiger partial charge in [0, 0.05) is 0 Å². The molecule has 1 heterocycles. The summed E-state index contributed by atoms with van der Waals surface area (Å²) in [4.78, 5) is 4.56. The van der Waals surface area contributed by atoms with Gasteiger partial charge in [0.25, 0.3) is 0 Å². The molecule has 6 nitrogen and oxygen atoms in total. The molecule has 0 aliphatic carbocycles. The van der Waals surface area contributed by atoms with E-state index in [0.29, 0.717) is 12.4 Å². The molecular weight excluding hydrogens is 194 g/mol. The molecular formula is C6H11N3O3S. The zero-order valence-electron chi connectivity index (χ0n) is 7.14. The molecule has 1 aromatic heterocycles. The third-order valence-corrected chi connectivity index (χ3v) is 1.69. The van der Waals surface area contributed by atoms with E-state index in [9.17, 15) is 5.11 Å². The fourth-order valence-electron chi connectivity index (χ4n) is 0.640.